The highest BCUT2D eigenvalue weighted by molar-refractivity contribution is 6.01. The Balaban J connectivity index is 1.58. The van der Waals surface area contributed by atoms with E-state index in [9.17, 15) is 14.0 Å². The van der Waals surface area contributed by atoms with Gasteiger partial charge in [-0.1, -0.05) is 60.7 Å². The minimum atomic E-state index is -0.692. The third-order valence-electron chi connectivity index (χ3n) is 7.09. The van der Waals surface area contributed by atoms with Crippen LogP contribution in [0.4, 0.5) is 4.39 Å². The number of benzene rings is 4. The second kappa shape index (κ2) is 11.4. The summed E-state index contributed by atoms with van der Waals surface area (Å²) in [4.78, 5) is 29.6. The van der Waals surface area contributed by atoms with Gasteiger partial charge in [0.2, 0.25) is 5.91 Å². The van der Waals surface area contributed by atoms with Crippen molar-refractivity contribution in [3.63, 3.8) is 0 Å². The van der Waals surface area contributed by atoms with E-state index in [4.69, 9.17) is 9.47 Å². The minimum Gasteiger partial charge on any atom is -0.497 e. The zero-order chi connectivity index (χ0) is 27.4. The first-order valence-corrected chi connectivity index (χ1v) is 12.7. The highest BCUT2D eigenvalue weighted by atomic mass is 19.1. The van der Waals surface area contributed by atoms with Crippen LogP contribution in [0.25, 0.3) is 0 Å². The van der Waals surface area contributed by atoms with Crippen molar-refractivity contribution in [3.8, 4) is 11.5 Å². The number of nitrogens with one attached hydrogen (secondary N) is 1. The van der Waals surface area contributed by atoms with Crippen molar-refractivity contribution in [2.45, 2.75) is 25.0 Å². The lowest BCUT2D eigenvalue weighted by Gasteiger charge is -2.42. The number of hydrogen-bond donors (Lipinski definition) is 1. The molecule has 1 N–H and O–H groups in total. The maximum Gasteiger partial charge on any atom is 0.255 e. The summed E-state index contributed by atoms with van der Waals surface area (Å²) in [6.07, 6.45) is 0. The van der Waals surface area contributed by atoms with E-state index in [-0.39, 0.29) is 30.7 Å². The molecule has 1 heterocycles. The lowest BCUT2D eigenvalue weighted by molar-refractivity contribution is -0.124. The highest BCUT2D eigenvalue weighted by Gasteiger charge is 2.44. The first-order chi connectivity index (χ1) is 19.0. The Morgan fingerprint density at radius 2 is 1.56 bits per heavy atom. The van der Waals surface area contributed by atoms with Crippen molar-refractivity contribution < 1.29 is 23.5 Å². The molecule has 39 heavy (non-hydrogen) atoms. The summed E-state index contributed by atoms with van der Waals surface area (Å²) in [5, 5.41) is 3.08. The van der Waals surface area contributed by atoms with E-state index in [1.54, 1.807) is 43.4 Å². The summed E-state index contributed by atoms with van der Waals surface area (Å²) in [7, 11) is 3.18. The molecular formula is C32H29FN2O4. The predicted molar refractivity (Wildman–Crippen MR) is 146 cm³/mol. The van der Waals surface area contributed by atoms with Gasteiger partial charge in [0.05, 0.1) is 26.2 Å². The lowest BCUT2D eigenvalue weighted by Crippen LogP contribution is -2.47. The molecule has 0 spiro atoms. The number of amides is 2. The molecular weight excluding hydrogens is 495 g/mol. The van der Waals surface area contributed by atoms with Gasteiger partial charge in [-0.25, -0.2) is 4.39 Å². The first kappa shape index (κ1) is 26.0. The molecule has 5 rings (SSSR count). The quantitative estimate of drug-likeness (QED) is 0.324. The molecule has 6 nitrogen and oxygen atoms in total. The van der Waals surface area contributed by atoms with Gasteiger partial charge in [-0.15, -0.1) is 0 Å². The highest BCUT2D eigenvalue weighted by Crippen LogP contribution is 2.44. The molecule has 1 aliphatic rings. The molecule has 0 radical (unpaired) electrons. The van der Waals surface area contributed by atoms with E-state index in [0.717, 1.165) is 16.7 Å². The van der Waals surface area contributed by atoms with Crippen LogP contribution in [0.5, 0.6) is 11.5 Å². The summed E-state index contributed by atoms with van der Waals surface area (Å²) in [6.45, 7) is 0.475. The number of carbonyl (C=O) groups is 2. The molecule has 198 valence electrons. The van der Waals surface area contributed by atoms with E-state index < -0.39 is 12.0 Å². The van der Waals surface area contributed by atoms with Crippen molar-refractivity contribution in [3.05, 3.63) is 131 Å². The van der Waals surface area contributed by atoms with E-state index in [0.29, 0.717) is 22.6 Å². The summed E-state index contributed by atoms with van der Waals surface area (Å²) < 4.78 is 24.4. The minimum absolute atomic E-state index is 0.190. The van der Waals surface area contributed by atoms with Crippen molar-refractivity contribution in [1.82, 2.24) is 10.2 Å². The van der Waals surface area contributed by atoms with Crippen LogP contribution in [0.3, 0.4) is 0 Å². The van der Waals surface area contributed by atoms with Crippen LogP contribution < -0.4 is 14.8 Å². The number of hydrogen-bond acceptors (Lipinski definition) is 4. The van der Waals surface area contributed by atoms with Gasteiger partial charge in [-0.05, 0) is 53.1 Å². The van der Waals surface area contributed by atoms with Gasteiger partial charge in [-0.3, -0.25) is 9.59 Å². The van der Waals surface area contributed by atoms with E-state index >= 15 is 0 Å². The number of nitrogens with zero attached hydrogens (tertiary/aromatic N) is 1. The molecule has 4 aromatic carbocycles. The monoisotopic (exact) mass is 524 g/mol. The van der Waals surface area contributed by atoms with Crippen LogP contribution in [0, 0.1) is 5.82 Å². The number of halogens is 1. The van der Waals surface area contributed by atoms with Crippen molar-refractivity contribution in [1.29, 1.82) is 0 Å². The fourth-order valence-electron chi connectivity index (χ4n) is 5.15. The Morgan fingerprint density at radius 1 is 0.872 bits per heavy atom. The van der Waals surface area contributed by atoms with E-state index in [1.807, 2.05) is 60.7 Å². The molecule has 0 saturated heterocycles. The Hall–Kier alpha value is -4.65. The first-order valence-electron chi connectivity index (χ1n) is 12.7. The topological polar surface area (TPSA) is 67.9 Å². The normalized spacial score (nSPS) is 16.4. The van der Waals surface area contributed by atoms with Crippen LogP contribution in [0.1, 0.15) is 44.6 Å². The Morgan fingerprint density at radius 3 is 2.28 bits per heavy atom. The Bertz CT molecular complexity index is 1470. The predicted octanol–water partition coefficient (Wildman–Crippen LogP) is 5.64. The average molecular weight is 525 g/mol. The number of methoxy groups -OCH3 is 2. The number of carbonyl (C=O) groups excluding carboxylic acids is 2. The molecule has 4 aromatic rings. The maximum atomic E-state index is 14.0. The number of rotatable bonds is 8. The second-order valence-electron chi connectivity index (χ2n) is 9.37. The largest absolute Gasteiger partial charge is 0.497 e. The molecule has 2 atom stereocenters. The van der Waals surface area contributed by atoms with E-state index in [2.05, 4.69) is 5.32 Å². The molecule has 0 aromatic heterocycles. The van der Waals surface area contributed by atoms with Crippen LogP contribution in [-0.2, 0) is 17.9 Å². The molecule has 7 heteroatoms. The maximum absolute atomic E-state index is 14.0. The second-order valence-corrected chi connectivity index (χ2v) is 9.37. The zero-order valence-corrected chi connectivity index (χ0v) is 21.8. The van der Waals surface area contributed by atoms with Gasteiger partial charge in [0.1, 0.15) is 17.3 Å². The van der Waals surface area contributed by atoms with Gasteiger partial charge >= 0.3 is 0 Å². The third kappa shape index (κ3) is 5.34. The number of fused-ring (bicyclic) bond motifs is 1. The molecule has 2 unspecified atom stereocenters. The van der Waals surface area contributed by atoms with Crippen molar-refractivity contribution in [2.75, 3.05) is 14.2 Å². The summed E-state index contributed by atoms with van der Waals surface area (Å²) >= 11 is 0. The third-order valence-corrected chi connectivity index (χ3v) is 7.09. The van der Waals surface area contributed by atoms with Crippen LogP contribution in [0.15, 0.2) is 97.1 Å². The average Bonchev–Trinajstić information content (AvgIpc) is 2.98. The van der Waals surface area contributed by atoms with Crippen LogP contribution in [-0.4, -0.2) is 30.9 Å². The van der Waals surface area contributed by atoms with Crippen LogP contribution >= 0.6 is 0 Å². The molecule has 0 fully saturated rings. The van der Waals surface area contributed by atoms with Crippen molar-refractivity contribution >= 4 is 11.8 Å². The summed E-state index contributed by atoms with van der Waals surface area (Å²) in [5.41, 5.74) is 3.53. The lowest BCUT2D eigenvalue weighted by atomic mass is 9.79. The molecule has 0 bridgehead atoms. The van der Waals surface area contributed by atoms with Gasteiger partial charge in [0, 0.05) is 24.2 Å². The molecule has 0 saturated carbocycles. The smallest absolute Gasteiger partial charge is 0.255 e. The fraction of sp³-hybridized carbons (Fsp3) is 0.188. The summed E-state index contributed by atoms with van der Waals surface area (Å²) in [6, 6.07) is 27.6. The van der Waals surface area contributed by atoms with Gasteiger partial charge in [-0.2, -0.15) is 0 Å². The van der Waals surface area contributed by atoms with E-state index in [1.165, 1.54) is 12.1 Å². The fourth-order valence-corrected chi connectivity index (χ4v) is 5.15. The van der Waals surface area contributed by atoms with Gasteiger partial charge in [0.25, 0.3) is 5.91 Å². The molecule has 0 aliphatic carbocycles. The molecule has 2 amide bonds. The summed E-state index contributed by atoms with van der Waals surface area (Å²) in [5.74, 6) is -0.0997. The number of para-hydroxylation sites is 1. The Labute approximate surface area is 227 Å². The standard InChI is InChI=1S/C32H29FN2O4/c1-38-25-17-13-22(14-18-25)30-29(31(36)34-19-23-7-3-6-10-28(23)39-2)26-8-4-5-9-27(26)32(37)35(30)20-21-11-15-24(33)16-12-21/h3-18,29-30H,19-20H2,1-2H3,(H,34,36). The molecule has 1 aliphatic heterocycles. The number of ether oxygens (including phenoxy) is 2. The zero-order valence-electron chi connectivity index (χ0n) is 21.8. The van der Waals surface area contributed by atoms with Gasteiger partial charge in [0.15, 0.2) is 0 Å². The Kier molecular flexibility index (Phi) is 7.59. The SMILES string of the molecule is COc1ccc(C2C(C(=O)NCc3ccccc3OC)c3ccccc3C(=O)N2Cc2ccc(F)cc2)cc1. The van der Waals surface area contributed by atoms with Crippen molar-refractivity contribution in [2.24, 2.45) is 0 Å². The van der Waals surface area contributed by atoms with Gasteiger partial charge < -0.3 is 19.7 Å². The van der Waals surface area contributed by atoms with Crippen LogP contribution in [0.2, 0.25) is 0 Å².